The van der Waals surface area contributed by atoms with Crippen molar-refractivity contribution in [3.05, 3.63) is 34.8 Å². The molecule has 1 aromatic heterocycles. The minimum absolute atomic E-state index is 0.177. The van der Waals surface area contributed by atoms with Crippen LogP contribution in [0.1, 0.15) is 40.5 Å². The zero-order valence-electron chi connectivity index (χ0n) is 13.1. The van der Waals surface area contributed by atoms with E-state index in [4.69, 9.17) is 0 Å². The Morgan fingerprint density at radius 2 is 2.04 bits per heavy atom. The Hall–Kier alpha value is -2.81. The van der Waals surface area contributed by atoms with Crippen LogP contribution >= 0.6 is 11.3 Å². The van der Waals surface area contributed by atoms with Crippen LogP contribution in [0.5, 0.6) is 0 Å². The number of para-hydroxylation sites is 1. The van der Waals surface area contributed by atoms with Gasteiger partial charge >= 0.3 is 0 Å². The van der Waals surface area contributed by atoms with Crippen molar-refractivity contribution >= 4 is 39.9 Å². The molecule has 1 aromatic carbocycles. The van der Waals surface area contributed by atoms with Gasteiger partial charge < -0.3 is 16.0 Å². The van der Waals surface area contributed by atoms with E-state index >= 15 is 0 Å². The van der Waals surface area contributed by atoms with Crippen molar-refractivity contribution in [2.75, 3.05) is 10.6 Å². The molecule has 1 atom stereocenters. The number of hydrogen-bond acceptors (Lipinski definition) is 6. The number of rotatable bonds is 4. The summed E-state index contributed by atoms with van der Waals surface area (Å²) in [6.45, 7) is 0. The minimum atomic E-state index is -0.948. The van der Waals surface area contributed by atoms with E-state index in [9.17, 15) is 14.4 Å². The normalized spacial score (nSPS) is 19.4. The quantitative estimate of drug-likeness (QED) is 0.767. The Bertz CT molecular complexity index is 861. The van der Waals surface area contributed by atoms with Gasteiger partial charge in [-0.3, -0.25) is 14.4 Å². The SMILES string of the molecule is O=C(C[C@@H]1NC(=O)c2ccccc2NC1=O)Nc1nnc(C2CC2)s1. The van der Waals surface area contributed by atoms with Gasteiger partial charge in [-0.2, -0.15) is 0 Å². The van der Waals surface area contributed by atoms with Gasteiger partial charge in [-0.15, -0.1) is 10.2 Å². The number of hydrogen-bond donors (Lipinski definition) is 3. The number of carbonyl (C=O) groups is 3. The van der Waals surface area contributed by atoms with Gasteiger partial charge in [-0.25, -0.2) is 0 Å². The molecule has 0 saturated heterocycles. The zero-order valence-corrected chi connectivity index (χ0v) is 13.9. The van der Waals surface area contributed by atoms with Crippen molar-refractivity contribution < 1.29 is 14.4 Å². The number of aromatic nitrogens is 2. The molecule has 2 heterocycles. The van der Waals surface area contributed by atoms with E-state index in [1.165, 1.54) is 11.3 Å². The lowest BCUT2D eigenvalue weighted by Crippen LogP contribution is -2.43. The number of nitrogens with one attached hydrogen (secondary N) is 3. The molecule has 0 spiro atoms. The molecule has 2 aliphatic rings. The summed E-state index contributed by atoms with van der Waals surface area (Å²) in [5.74, 6) is -0.749. The lowest BCUT2D eigenvalue weighted by molar-refractivity contribution is -0.122. The first-order valence-corrected chi connectivity index (χ1v) is 8.76. The summed E-state index contributed by atoms with van der Waals surface area (Å²) >= 11 is 1.35. The monoisotopic (exact) mass is 357 g/mol. The van der Waals surface area contributed by atoms with Crippen molar-refractivity contribution in [1.29, 1.82) is 0 Å². The van der Waals surface area contributed by atoms with Gasteiger partial charge in [0.05, 0.1) is 17.7 Å². The van der Waals surface area contributed by atoms with Crippen molar-refractivity contribution in [1.82, 2.24) is 15.5 Å². The molecule has 9 heteroatoms. The van der Waals surface area contributed by atoms with E-state index in [1.807, 2.05) is 0 Å². The van der Waals surface area contributed by atoms with E-state index in [2.05, 4.69) is 26.1 Å². The first-order chi connectivity index (χ1) is 12.1. The molecule has 1 fully saturated rings. The Kier molecular flexibility index (Phi) is 3.92. The van der Waals surface area contributed by atoms with Crippen LogP contribution in [0.3, 0.4) is 0 Å². The third-order valence-electron chi connectivity index (χ3n) is 4.05. The van der Waals surface area contributed by atoms with Gasteiger partial charge in [-0.1, -0.05) is 23.5 Å². The van der Waals surface area contributed by atoms with Gasteiger partial charge in [0.2, 0.25) is 16.9 Å². The molecule has 0 unspecified atom stereocenters. The molecule has 3 amide bonds. The van der Waals surface area contributed by atoms with Gasteiger partial charge in [0.1, 0.15) is 11.0 Å². The van der Waals surface area contributed by atoms with Crippen LogP contribution in [-0.4, -0.2) is 34.0 Å². The van der Waals surface area contributed by atoms with Crippen LogP contribution in [-0.2, 0) is 9.59 Å². The molecule has 0 radical (unpaired) electrons. The molecular weight excluding hydrogens is 342 g/mol. The largest absolute Gasteiger partial charge is 0.340 e. The molecule has 0 bridgehead atoms. The van der Waals surface area contributed by atoms with Gasteiger partial charge in [0.25, 0.3) is 5.91 Å². The molecule has 128 valence electrons. The number of carbonyl (C=O) groups excluding carboxylic acids is 3. The van der Waals surface area contributed by atoms with Crippen LogP contribution < -0.4 is 16.0 Å². The van der Waals surface area contributed by atoms with Crippen molar-refractivity contribution in [3.8, 4) is 0 Å². The van der Waals surface area contributed by atoms with E-state index in [0.717, 1.165) is 17.8 Å². The number of nitrogens with zero attached hydrogens (tertiary/aromatic N) is 2. The molecule has 25 heavy (non-hydrogen) atoms. The highest BCUT2D eigenvalue weighted by molar-refractivity contribution is 7.15. The highest BCUT2D eigenvalue weighted by Crippen LogP contribution is 2.42. The second-order valence-corrected chi connectivity index (χ2v) is 7.04. The maximum Gasteiger partial charge on any atom is 0.254 e. The lowest BCUT2D eigenvalue weighted by atomic mass is 10.1. The smallest absolute Gasteiger partial charge is 0.254 e. The molecule has 1 saturated carbocycles. The van der Waals surface area contributed by atoms with Crippen molar-refractivity contribution in [3.63, 3.8) is 0 Å². The fourth-order valence-corrected chi connectivity index (χ4v) is 3.52. The molecule has 2 aromatic rings. The highest BCUT2D eigenvalue weighted by Gasteiger charge is 2.30. The van der Waals surface area contributed by atoms with Crippen molar-refractivity contribution in [2.24, 2.45) is 0 Å². The summed E-state index contributed by atoms with van der Waals surface area (Å²) in [4.78, 5) is 36.7. The molecule has 1 aliphatic heterocycles. The number of amides is 3. The maximum atomic E-state index is 12.3. The second kappa shape index (κ2) is 6.25. The topological polar surface area (TPSA) is 113 Å². The third kappa shape index (κ3) is 3.36. The summed E-state index contributed by atoms with van der Waals surface area (Å²) in [7, 11) is 0. The summed E-state index contributed by atoms with van der Waals surface area (Å²) < 4.78 is 0. The molecule has 8 nitrogen and oxygen atoms in total. The van der Waals surface area contributed by atoms with Crippen LogP contribution in [0.15, 0.2) is 24.3 Å². The Labute approximate surface area is 147 Å². The summed E-state index contributed by atoms with van der Waals surface area (Å²) in [6.07, 6.45) is 2.04. The van der Waals surface area contributed by atoms with Crippen LogP contribution in [0.2, 0.25) is 0 Å². The van der Waals surface area contributed by atoms with E-state index in [0.29, 0.717) is 22.3 Å². The highest BCUT2D eigenvalue weighted by atomic mass is 32.1. The van der Waals surface area contributed by atoms with Gasteiger partial charge in [-0.05, 0) is 25.0 Å². The lowest BCUT2D eigenvalue weighted by Gasteiger charge is -2.13. The van der Waals surface area contributed by atoms with E-state index < -0.39 is 23.8 Å². The summed E-state index contributed by atoms with van der Waals surface area (Å²) in [6, 6.07) is 5.76. The van der Waals surface area contributed by atoms with E-state index in [1.54, 1.807) is 24.3 Å². The van der Waals surface area contributed by atoms with Gasteiger partial charge in [0.15, 0.2) is 0 Å². The average molecular weight is 357 g/mol. The molecule has 4 rings (SSSR count). The zero-order chi connectivity index (χ0) is 17.4. The third-order valence-corrected chi connectivity index (χ3v) is 5.06. The maximum absolute atomic E-state index is 12.3. The molecule has 3 N–H and O–H groups in total. The predicted octanol–water partition coefficient (Wildman–Crippen LogP) is 1.49. The van der Waals surface area contributed by atoms with Crippen molar-refractivity contribution in [2.45, 2.75) is 31.2 Å². The average Bonchev–Trinajstić information content (AvgIpc) is 3.35. The second-order valence-electron chi connectivity index (χ2n) is 6.03. The van der Waals surface area contributed by atoms with Crippen LogP contribution in [0.4, 0.5) is 10.8 Å². The Morgan fingerprint density at radius 3 is 2.84 bits per heavy atom. The minimum Gasteiger partial charge on any atom is -0.340 e. The standard InChI is InChI=1S/C16H15N5O3S/c22-12(19-16-21-20-15(25-16)8-5-6-8)7-11-14(24)17-10-4-2-1-3-9(10)13(23)18-11/h1-4,8,11H,5-7H2,(H,17,24)(H,18,23)(H,19,21,22)/t11-/m0/s1. The number of anilines is 2. The predicted molar refractivity (Wildman–Crippen MR) is 91.5 cm³/mol. The number of benzene rings is 1. The number of fused-ring (bicyclic) bond motifs is 1. The van der Waals surface area contributed by atoms with Crippen LogP contribution in [0, 0.1) is 0 Å². The Balaban J connectivity index is 1.42. The Morgan fingerprint density at radius 1 is 1.24 bits per heavy atom. The fourth-order valence-electron chi connectivity index (χ4n) is 2.59. The molecule has 1 aliphatic carbocycles. The van der Waals surface area contributed by atoms with E-state index in [-0.39, 0.29) is 6.42 Å². The summed E-state index contributed by atoms with van der Waals surface area (Å²) in [5.41, 5.74) is 0.808. The summed E-state index contributed by atoms with van der Waals surface area (Å²) in [5, 5.41) is 17.2. The first kappa shape index (κ1) is 15.7. The van der Waals surface area contributed by atoms with Crippen LogP contribution in [0.25, 0.3) is 0 Å². The van der Waals surface area contributed by atoms with Gasteiger partial charge in [0, 0.05) is 5.92 Å². The fraction of sp³-hybridized carbons (Fsp3) is 0.312. The molecular formula is C16H15N5O3S. The first-order valence-electron chi connectivity index (χ1n) is 7.94.